The lowest BCUT2D eigenvalue weighted by Crippen LogP contribution is -2.28. The maximum absolute atomic E-state index is 6.08. The molecule has 1 saturated heterocycles. The summed E-state index contributed by atoms with van der Waals surface area (Å²) in [6, 6.07) is 8.88. The van der Waals surface area contributed by atoms with Gasteiger partial charge in [0.2, 0.25) is 0 Å². The zero-order valence-corrected chi connectivity index (χ0v) is 23.0. The minimum atomic E-state index is -0.162. The molecule has 1 aromatic rings. The van der Waals surface area contributed by atoms with Crippen LogP contribution in [0.1, 0.15) is 64.0 Å². The number of hydrogen-bond donors (Lipinski definition) is 0. The van der Waals surface area contributed by atoms with Gasteiger partial charge in [0.15, 0.2) is 0 Å². The Labute approximate surface area is 219 Å². The molecular weight excluding hydrogens is 460 g/mol. The van der Waals surface area contributed by atoms with Gasteiger partial charge in [0.05, 0.1) is 85.9 Å². The molecule has 2 atom stereocenters. The lowest BCUT2D eigenvalue weighted by molar-refractivity contribution is -0.0865. The summed E-state index contributed by atoms with van der Waals surface area (Å²) in [7, 11) is 0. The second kappa shape index (κ2) is 20.0. The summed E-state index contributed by atoms with van der Waals surface area (Å²) < 4.78 is 40.0. The molecule has 2 unspecified atom stereocenters. The highest BCUT2D eigenvalue weighted by Crippen LogP contribution is 2.33. The van der Waals surface area contributed by atoms with Crippen molar-refractivity contribution in [2.75, 3.05) is 79.3 Å². The van der Waals surface area contributed by atoms with Crippen molar-refractivity contribution in [1.29, 1.82) is 0 Å². The van der Waals surface area contributed by atoms with E-state index in [9.17, 15) is 0 Å². The number of ether oxygens (including phenoxy) is 7. The Bertz CT molecular complexity index is 638. The monoisotopic (exact) mass is 510 g/mol. The number of hydrogen-bond acceptors (Lipinski definition) is 7. The average Bonchev–Trinajstić information content (AvgIpc) is 2.89. The van der Waals surface area contributed by atoms with Gasteiger partial charge >= 0.3 is 0 Å². The largest absolute Gasteiger partial charge is 0.377 e. The molecule has 0 aromatic heterocycles. The van der Waals surface area contributed by atoms with Crippen LogP contribution in [0.25, 0.3) is 0 Å². The van der Waals surface area contributed by atoms with E-state index in [1.807, 2.05) is 0 Å². The van der Waals surface area contributed by atoms with Crippen molar-refractivity contribution in [2.24, 2.45) is 0 Å². The second-order valence-electron chi connectivity index (χ2n) is 9.60. The van der Waals surface area contributed by atoms with Crippen LogP contribution in [0.4, 0.5) is 0 Å². The zero-order chi connectivity index (χ0) is 25.7. The SMILES string of the molecule is CCCCCC(C)(CC)c1cccc(COCC2COCCOCCOCCOCCOCCO2)c1. The molecule has 7 nitrogen and oxygen atoms in total. The Kier molecular flexibility index (Phi) is 17.3. The molecule has 0 spiro atoms. The van der Waals surface area contributed by atoms with Crippen molar-refractivity contribution in [3.63, 3.8) is 0 Å². The summed E-state index contributed by atoms with van der Waals surface area (Å²) in [5.74, 6) is 0. The second-order valence-corrected chi connectivity index (χ2v) is 9.60. The van der Waals surface area contributed by atoms with Gasteiger partial charge in [0.1, 0.15) is 6.10 Å². The fourth-order valence-corrected chi connectivity index (χ4v) is 4.15. The molecular formula is C29H50O7. The normalized spacial score (nSPS) is 21.8. The van der Waals surface area contributed by atoms with Crippen molar-refractivity contribution in [2.45, 2.75) is 71.0 Å². The van der Waals surface area contributed by atoms with E-state index in [-0.39, 0.29) is 11.5 Å². The summed E-state index contributed by atoms with van der Waals surface area (Å²) in [4.78, 5) is 0. The van der Waals surface area contributed by atoms with Gasteiger partial charge in [0, 0.05) is 0 Å². The number of benzene rings is 1. The van der Waals surface area contributed by atoms with Gasteiger partial charge in [-0.15, -0.1) is 0 Å². The third-order valence-corrected chi connectivity index (χ3v) is 6.68. The van der Waals surface area contributed by atoms with E-state index in [0.717, 1.165) is 6.42 Å². The van der Waals surface area contributed by atoms with Crippen molar-refractivity contribution in [3.8, 4) is 0 Å². The average molecular weight is 511 g/mol. The highest BCUT2D eigenvalue weighted by atomic mass is 16.6. The molecule has 0 aliphatic carbocycles. The molecule has 0 bridgehead atoms. The van der Waals surface area contributed by atoms with E-state index in [2.05, 4.69) is 45.0 Å². The molecule has 36 heavy (non-hydrogen) atoms. The highest BCUT2D eigenvalue weighted by molar-refractivity contribution is 5.29. The minimum Gasteiger partial charge on any atom is -0.377 e. The summed E-state index contributed by atoms with van der Waals surface area (Å²) in [5, 5.41) is 0. The van der Waals surface area contributed by atoms with Gasteiger partial charge in [0.25, 0.3) is 0 Å². The Morgan fingerprint density at radius 2 is 1.42 bits per heavy atom. The number of rotatable bonds is 10. The van der Waals surface area contributed by atoms with Crippen LogP contribution in [0.3, 0.4) is 0 Å². The topological polar surface area (TPSA) is 64.6 Å². The predicted octanol–water partition coefficient (Wildman–Crippen LogP) is 4.93. The first-order valence-electron chi connectivity index (χ1n) is 13.9. The van der Waals surface area contributed by atoms with Crippen LogP contribution in [0, 0.1) is 0 Å². The third-order valence-electron chi connectivity index (χ3n) is 6.68. The van der Waals surface area contributed by atoms with Gasteiger partial charge in [-0.1, -0.05) is 64.3 Å². The van der Waals surface area contributed by atoms with Gasteiger partial charge in [-0.05, 0) is 29.4 Å². The van der Waals surface area contributed by atoms with Gasteiger partial charge in [-0.3, -0.25) is 0 Å². The molecule has 1 heterocycles. The van der Waals surface area contributed by atoms with Gasteiger partial charge in [-0.25, -0.2) is 0 Å². The van der Waals surface area contributed by atoms with Crippen LogP contribution >= 0.6 is 0 Å². The molecule has 1 aliphatic rings. The Hall–Kier alpha value is -1.06. The molecule has 0 N–H and O–H groups in total. The molecule has 0 radical (unpaired) electrons. The summed E-state index contributed by atoms with van der Waals surface area (Å²) in [6.45, 7) is 13.7. The maximum Gasteiger partial charge on any atom is 0.104 e. The summed E-state index contributed by atoms with van der Waals surface area (Å²) >= 11 is 0. The molecule has 1 fully saturated rings. The molecule has 0 saturated carbocycles. The van der Waals surface area contributed by atoms with Gasteiger partial charge < -0.3 is 33.2 Å². The number of unbranched alkanes of at least 4 members (excludes halogenated alkanes) is 2. The summed E-state index contributed by atoms with van der Waals surface area (Å²) in [5.41, 5.74) is 2.81. The molecule has 7 heteroatoms. The van der Waals surface area contributed by atoms with Crippen LogP contribution in [0.15, 0.2) is 24.3 Å². The summed E-state index contributed by atoms with van der Waals surface area (Å²) in [6.07, 6.45) is 6.02. The van der Waals surface area contributed by atoms with E-state index in [1.54, 1.807) is 0 Å². The first-order valence-corrected chi connectivity index (χ1v) is 13.9. The van der Waals surface area contributed by atoms with E-state index >= 15 is 0 Å². The maximum atomic E-state index is 6.08. The highest BCUT2D eigenvalue weighted by Gasteiger charge is 2.24. The lowest BCUT2D eigenvalue weighted by Gasteiger charge is -2.29. The molecule has 0 amide bonds. The third kappa shape index (κ3) is 13.5. The minimum absolute atomic E-state index is 0.162. The fraction of sp³-hybridized carbons (Fsp3) is 0.793. The fourth-order valence-electron chi connectivity index (χ4n) is 4.15. The van der Waals surface area contributed by atoms with Crippen LogP contribution in [-0.2, 0) is 45.2 Å². The Morgan fingerprint density at radius 1 is 0.806 bits per heavy atom. The van der Waals surface area contributed by atoms with Crippen LogP contribution in [0.2, 0.25) is 0 Å². The van der Waals surface area contributed by atoms with Gasteiger partial charge in [-0.2, -0.15) is 0 Å². The van der Waals surface area contributed by atoms with E-state index < -0.39 is 0 Å². The molecule has 1 aliphatic heterocycles. The van der Waals surface area contributed by atoms with Crippen molar-refractivity contribution >= 4 is 0 Å². The Morgan fingerprint density at radius 3 is 2.03 bits per heavy atom. The van der Waals surface area contributed by atoms with Crippen molar-refractivity contribution < 1.29 is 33.2 Å². The first kappa shape index (κ1) is 31.2. The van der Waals surface area contributed by atoms with E-state index in [4.69, 9.17) is 33.2 Å². The molecule has 2 rings (SSSR count). The first-order chi connectivity index (χ1) is 17.7. The van der Waals surface area contributed by atoms with Crippen LogP contribution < -0.4 is 0 Å². The standard InChI is InChI=1S/C29H50O7/c1-4-6-7-11-29(3,5-2)27-10-8-9-26(22-27)23-35-25-28-24-34-19-18-32-15-14-30-12-13-31-16-17-33-20-21-36-28/h8-10,22,28H,4-7,11-21,23-25H2,1-3H3. The van der Waals surface area contributed by atoms with Crippen molar-refractivity contribution in [1.82, 2.24) is 0 Å². The zero-order valence-electron chi connectivity index (χ0n) is 23.0. The van der Waals surface area contributed by atoms with Crippen molar-refractivity contribution in [3.05, 3.63) is 35.4 Å². The van der Waals surface area contributed by atoms with Crippen LogP contribution in [0.5, 0.6) is 0 Å². The molecule has 208 valence electrons. The Balaban J connectivity index is 1.82. The predicted molar refractivity (Wildman–Crippen MR) is 142 cm³/mol. The molecule has 1 aromatic carbocycles. The van der Waals surface area contributed by atoms with E-state index in [0.29, 0.717) is 85.9 Å². The smallest absolute Gasteiger partial charge is 0.104 e. The quantitative estimate of drug-likeness (QED) is 0.414. The van der Waals surface area contributed by atoms with Crippen LogP contribution in [-0.4, -0.2) is 85.4 Å². The lowest BCUT2D eigenvalue weighted by atomic mass is 9.75. The van der Waals surface area contributed by atoms with E-state index in [1.165, 1.54) is 36.8 Å².